The highest BCUT2D eigenvalue weighted by atomic mass is 35.5. The van der Waals surface area contributed by atoms with Crippen LogP contribution in [0.4, 0.5) is 4.39 Å². The Morgan fingerprint density at radius 2 is 2.36 bits per heavy atom. The lowest BCUT2D eigenvalue weighted by atomic mass is 10.2. The Morgan fingerprint density at radius 3 is 2.93 bits per heavy atom. The molecule has 0 atom stereocenters. The van der Waals surface area contributed by atoms with Crippen LogP contribution in [0.25, 0.3) is 0 Å². The van der Waals surface area contributed by atoms with E-state index in [4.69, 9.17) is 11.6 Å². The van der Waals surface area contributed by atoms with Gasteiger partial charge in [-0.2, -0.15) is 4.39 Å². The summed E-state index contributed by atoms with van der Waals surface area (Å²) in [6.45, 7) is 1.97. The number of aromatic nitrogens is 1. The van der Waals surface area contributed by atoms with E-state index < -0.39 is 11.9 Å². The van der Waals surface area contributed by atoms with E-state index in [0.717, 1.165) is 0 Å². The monoisotopic (exact) mass is 217 g/mol. The highest BCUT2D eigenvalue weighted by Gasteiger charge is 2.09. The van der Waals surface area contributed by atoms with Crippen LogP contribution in [0.2, 0.25) is 5.15 Å². The van der Waals surface area contributed by atoms with Crippen molar-refractivity contribution in [1.82, 2.24) is 4.98 Å². The highest BCUT2D eigenvalue weighted by molar-refractivity contribution is 6.29. The number of hydrogen-bond acceptors (Lipinski definition) is 3. The largest absolute Gasteiger partial charge is 0.466 e. The molecule has 76 valence electrons. The lowest BCUT2D eigenvalue weighted by Crippen LogP contribution is -2.09. The summed E-state index contributed by atoms with van der Waals surface area (Å²) in [4.78, 5) is 14.4. The number of halogens is 2. The first-order valence-electron chi connectivity index (χ1n) is 4.10. The van der Waals surface area contributed by atoms with Gasteiger partial charge in [-0.1, -0.05) is 17.7 Å². The van der Waals surface area contributed by atoms with Crippen LogP contribution in [0, 0.1) is 5.95 Å². The summed E-state index contributed by atoms with van der Waals surface area (Å²) < 4.78 is 17.7. The summed E-state index contributed by atoms with van der Waals surface area (Å²) >= 11 is 5.45. The SMILES string of the molecule is CCOC(=O)Cc1ccc(Cl)nc1F. The zero-order chi connectivity index (χ0) is 10.6. The van der Waals surface area contributed by atoms with E-state index in [1.165, 1.54) is 12.1 Å². The summed E-state index contributed by atoms with van der Waals surface area (Å²) in [5.41, 5.74) is 0.188. The Morgan fingerprint density at radius 1 is 1.64 bits per heavy atom. The van der Waals surface area contributed by atoms with Crippen molar-refractivity contribution in [2.45, 2.75) is 13.3 Å². The third kappa shape index (κ3) is 2.96. The van der Waals surface area contributed by atoms with Crippen molar-refractivity contribution in [3.8, 4) is 0 Å². The summed E-state index contributed by atoms with van der Waals surface area (Å²) in [5, 5.41) is 0.0649. The van der Waals surface area contributed by atoms with E-state index in [0.29, 0.717) is 0 Å². The van der Waals surface area contributed by atoms with Gasteiger partial charge >= 0.3 is 5.97 Å². The molecular weight excluding hydrogens is 209 g/mol. The first kappa shape index (κ1) is 10.9. The summed E-state index contributed by atoms with van der Waals surface area (Å²) in [7, 11) is 0. The molecule has 1 heterocycles. The van der Waals surface area contributed by atoms with Gasteiger partial charge in [0.2, 0.25) is 5.95 Å². The zero-order valence-electron chi connectivity index (χ0n) is 7.59. The van der Waals surface area contributed by atoms with Crippen LogP contribution in [0.5, 0.6) is 0 Å². The van der Waals surface area contributed by atoms with Crippen molar-refractivity contribution < 1.29 is 13.9 Å². The topological polar surface area (TPSA) is 39.2 Å². The lowest BCUT2D eigenvalue weighted by molar-refractivity contribution is -0.142. The fourth-order valence-corrected chi connectivity index (χ4v) is 1.08. The quantitative estimate of drug-likeness (QED) is 0.574. The number of hydrogen-bond donors (Lipinski definition) is 0. The van der Waals surface area contributed by atoms with Gasteiger partial charge < -0.3 is 4.74 Å². The number of nitrogens with zero attached hydrogens (tertiary/aromatic N) is 1. The summed E-state index contributed by atoms with van der Waals surface area (Å²) in [5.74, 6) is -1.21. The molecule has 1 rings (SSSR count). The molecule has 1 aromatic rings. The minimum Gasteiger partial charge on any atom is -0.466 e. The van der Waals surface area contributed by atoms with Crippen LogP contribution in [0.3, 0.4) is 0 Å². The molecule has 0 saturated heterocycles. The van der Waals surface area contributed by atoms with Crippen molar-refractivity contribution in [1.29, 1.82) is 0 Å². The van der Waals surface area contributed by atoms with Gasteiger partial charge in [0.1, 0.15) is 5.15 Å². The van der Waals surface area contributed by atoms with Crippen LogP contribution in [-0.2, 0) is 16.0 Å². The molecule has 0 radical (unpaired) electrons. The van der Waals surface area contributed by atoms with Crippen molar-refractivity contribution in [3.63, 3.8) is 0 Å². The normalized spacial score (nSPS) is 9.93. The number of pyridine rings is 1. The van der Waals surface area contributed by atoms with Gasteiger partial charge in [0.15, 0.2) is 0 Å². The van der Waals surface area contributed by atoms with E-state index in [-0.39, 0.29) is 23.7 Å². The minimum absolute atomic E-state index is 0.0649. The first-order chi connectivity index (χ1) is 6.63. The molecule has 0 N–H and O–H groups in total. The number of ether oxygens (including phenoxy) is 1. The fraction of sp³-hybridized carbons (Fsp3) is 0.333. The van der Waals surface area contributed by atoms with E-state index in [2.05, 4.69) is 9.72 Å². The van der Waals surface area contributed by atoms with Gasteiger partial charge in [-0.05, 0) is 13.0 Å². The van der Waals surface area contributed by atoms with Crippen molar-refractivity contribution in [2.75, 3.05) is 6.61 Å². The molecule has 0 saturated carbocycles. The predicted molar refractivity (Wildman–Crippen MR) is 49.5 cm³/mol. The highest BCUT2D eigenvalue weighted by Crippen LogP contribution is 2.11. The molecule has 0 bridgehead atoms. The van der Waals surface area contributed by atoms with Gasteiger partial charge in [-0.3, -0.25) is 4.79 Å². The third-order valence-electron chi connectivity index (χ3n) is 1.53. The average Bonchev–Trinajstić information content (AvgIpc) is 2.10. The minimum atomic E-state index is -0.731. The molecule has 0 aliphatic carbocycles. The Balaban J connectivity index is 2.72. The van der Waals surface area contributed by atoms with Gasteiger partial charge in [-0.25, -0.2) is 4.98 Å². The fourth-order valence-electron chi connectivity index (χ4n) is 0.940. The first-order valence-corrected chi connectivity index (χ1v) is 4.47. The van der Waals surface area contributed by atoms with Crippen LogP contribution in [0.15, 0.2) is 12.1 Å². The average molecular weight is 218 g/mol. The predicted octanol–water partition coefficient (Wildman–Crippen LogP) is 1.98. The van der Waals surface area contributed by atoms with E-state index in [1.807, 2.05) is 0 Å². The molecule has 0 spiro atoms. The van der Waals surface area contributed by atoms with Crippen LogP contribution in [-0.4, -0.2) is 17.6 Å². The van der Waals surface area contributed by atoms with E-state index in [9.17, 15) is 9.18 Å². The number of carbonyl (C=O) groups is 1. The van der Waals surface area contributed by atoms with Crippen molar-refractivity contribution in [3.05, 3.63) is 28.8 Å². The van der Waals surface area contributed by atoms with Crippen LogP contribution in [0.1, 0.15) is 12.5 Å². The Bertz CT molecular complexity index is 344. The number of carbonyl (C=O) groups excluding carboxylic acids is 1. The van der Waals surface area contributed by atoms with Gasteiger partial charge in [0.25, 0.3) is 0 Å². The number of esters is 1. The second-order valence-corrected chi connectivity index (χ2v) is 2.95. The zero-order valence-corrected chi connectivity index (χ0v) is 8.34. The molecule has 5 heteroatoms. The molecule has 0 amide bonds. The molecule has 14 heavy (non-hydrogen) atoms. The van der Waals surface area contributed by atoms with Gasteiger partial charge in [0.05, 0.1) is 13.0 Å². The molecule has 0 unspecified atom stereocenters. The summed E-state index contributed by atoms with van der Waals surface area (Å²) in [6, 6.07) is 2.85. The molecular formula is C9H9ClFNO2. The van der Waals surface area contributed by atoms with Gasteiger partial charge in [0, 0.05) is 5.56 Å². The Hall–Kier alpha value is -1.16. The van der Waals surface area contributed by atoms with Crippen LogP contribution < -0.4 is 0 Å². The van der Waals surface area contributed by atoms with Crippen molar-refractivity contribution >= 4 is 17.6 Å². The Kier molecular flexibility index (Phi) is 3.83. The second-order valence-electron chi connectivity index (χ2n) is 2.57. The lowest BCUT2D eigenvalue weighted by Gasteiger charge is -2.02. The maximum absolute atomic E-state index is 13.0. The van der Waals surface area contributed by atoms with Crippen molar-refractivity contribution in [2.24, 2.45) is 0 Å². The standard InChI is InChI=1S/C9H9ClFNO2/c1-2-14-8(13)5-6-3-4-7(10)12-9(6)11/h3-4H,2,5H2,1H3. The maximum Gasteiger partial charge on any atom is 0.310 e. The molecule has 1 aromatic heterocycles. The van der Waals surface area contributed by atoms with Gasteiger partial charge in [-0.15, -0.1) is 0 Å². The molecule has 0 aliphatic heterocycles. The van der Waals surface area contributed by atoms with Crippen LogP contribution >= 0.6 is 11.6 Å². The van der Waals surface area contributed by atoms with E-state index >= 15 is 0 Å². The molecule has 3 nitrogen and oxygen atoms in total. The molecule has 0 aromatic carbocycles. The van der Waals surface area contributed by atoms with E-state index in [1.54, 1.807) is 6.92 Å². The summed E-state index contributed by atoms with van der Waals surface area (Å²) in [6.07, 6.45) is -0.121. The Labute approximate surface area is 85.9 Å². The maximum atomic E-state index is 13.0. The molecule has 0 fully saturated rings. The second kappa shape index (κ2) is 4.91. The number of rotatable bonds is 3. The molecule has 0 aliphatic rings. The smallest absolute Gasteiger partial charge is 0.310 e. The third-order valence-corrected chi connectivity index (χ3v) is 1.74.